The van der Waals surface area contributed by atoms with Crippen LogP contribution in [-0.4, -0.2) is 18.5 Å². The Labute approximate surface area is 105 Å². The molecule has 1 aromatic carbocycles. The van der Waals surface area contributed by atoms with Gasteiger partial charge < -0.3 is 9.47 Å². The minimum Gasteiger partial charge on any atom is -0.497 e. The van der Waals surface area contributed by atoms with Crippen LogP contribution in [-0.2, 0) is 11.3 Å². The number of hydrogen-bond acceptors (Lipinski definition) is 2. The Balaban J connectivity index is 2.30. The lowest BCUT2D eigenvalue weighted by Crippen LogP contribution is -1.94. The normalized spacial score (nSPS) is 11.4. The molecule has 1 atom stereocenters. The SMILES string of the molecule is COc1ccc(COCC#CC(C)Br)cc1. The van der Waals surface area contributed by atoms with Crippen LogP contribution in [0.1, 0.15) is 12.5 Å². The molecule has 3 heteroatoms. The molecule has 86 valence electrons. The van der Waals surface area contributed by atoms with Crippen molar-refractivity contribution in [1.82, 2.24) is 0 Å². The van der Waals surface area contributed by atoms with Gasteiger partial charge in [0.05, 0.1) is 18.5 Å². The van der Waals surface area contributed by atoms with E-state index >= 15 is 0 Å². The maximum absolute atomic E-state index is 5.41. The quantitative estimate of drug-likeness (QED) is 0.480. The van der Waals surface area contributed by atoms with Gasteiger partial charge >= 0.3 is 0 Å². The first kappa shape index (κ1) is 13.1. The van der Waals surface area contributed by atoms with Gasteiger partial charge in [0.25, 0.3) is 0 Å². The van der Waals surface area contributed by atoms with Crippen molar-refractivity contribution in [3.8, 4) is 17.6 Å². The number of alkyl halides is 1. The summed E-state index contributed by atoms with van der Waals surface area (Å²) in [5, 5.41) is 0. The monoisotopic (exact) mass is 282 g/mol. The van der Waals surface area contributed by atoms with Crippen LogP contribution < -0.4 is 4.74 Å². The number of methoxy groups -OCH3 is 1. The molecular formula is C13H15BrO2. The van der Waals surface area contributed by atoms with Crippen LogP contribution in [0.2, 0.25) is 0 Å². The van der Waals surface area contributed by atoms with Gasteiger partial charge in [0.1, 0.15) is 12.4 Å². The van der Waals surface area contributed by atoms with Crippen molar-refractivity contribution in [1.29, 1.82) is 0 Å². The van der Waals surface area contributed by atoms with Crippen LogP contribution in [0.25, 0.3) is 0 Å². The maximum atomic E-state index is 5.41. The zero-order valence-electron chi connectivity index (χ0n) is 9.50. The number of benzene rings is 1. The van der Waals surface area contributed by atoms with Crippen molar-refractivity contribution in [2.75, 3.05) is 13.7 Å². The molecule has 2 nitrogen and oxygen atoms in total. The fraction of sp³-hybridized carbons (Fsp3) is 0.385. The van der Waals surface area contributed by atoms with E-state index in [2.05, 4.69) is 27.8 Å². The van der Waals surface area contributed by atoms with Gasteiger partial charge in [-0.2, -0.15) is 0 Å². The van der Waals surface area contributed by atoms with E-state index in [4.69, 9.17) is 9.47 Å². The largest absolute Gasteiger partial charge is 0.497 e. The summed E-state index contributed by atoms with van der Waals surface area (Å²) in [5.74, 6) is 6.76. The highest BCUT2D eigenvalue weighted by Crippen LogP contribution is 2.11. The van der Waals surface area contributed by atoms with Gasteiger partial charge in [0, 0.05) is 0 Å². The zero-order valence-corrected chi connectivity index (χ0v) is 11.1. The third-order valence-electron chi connectivity index (χ3n) is 1.90. The van der Waals surface area contributed by atoms with Gasteiger partial charge in [-0.3, -0.25) is 0 Å². The van der Waals surface area contributed by atoms with Crippen LogP contribution in [0, 0.1) is 11.8 Å². The highest BCUT2D eigenvalue weighted by atomic mass is 79.9. The Morgan fingerprint density at radius 2 is 2.00 bits per heavy atom. The van der Waals surface area contributed by atoms with Crippen molar-refractivity contribution in [2.24, 2.45) is 0 Å². The van der Waals surface area contributed by atoms with E-state index in [-0.39, 0.29) is 4.83 Å². The van der Waals surface area contributed by atoms with Crippen molar-refractivity contribution >= 4 is 15.9 Å². The van der Waals surface area contributed by atoms with E-state index in [0.29, 0.717) is 13.2 Å². The van der Waals surface area contributed by atoms with Gasteiger partial charge in [0.15, 0.2) is 0 Å². The molecule has 16 heavy (non-hydrogen) atoms. The van der Waals surface area contributed by atoms with Crippen molar-refractivity contribution in [3.63, 3.8) is 0 Å². The van der Waals surface area contributed by atoms with Gasteiger partial charge in [-0.25, -0.2) is 0 Å². The first-order chi connectivity index (χ1) is 7.72. The average molecular weight is 283 g/mol. The van der Waals surface area contributed by atoms with E-state index in [1.54, 1.807) is 7.11 Å². The molecular weight excluding hydrogens is 268 g/mol. The lowest BCUT2D eigenvalue weighted by Gasteiger charge is -2.02. The smallest absolute Gasteiger partial charge is 0.118 e. The van der Waals surface area contributed by atoms with Gasteiger partial charge in [-0.1, -0.05) is 39.9 Å². The second kappa shape index (κ2) is 7.32. The Hall–Kier alpha value is -0.980. The maximum Gasteiger partial charge on any atom is 0.118 e. The summed E-state index contributed by atoms with van der Waals surface area (Å²) in [5.41, 5.74) is 1.12. The molecule has 0 amide bonds. The number of rotatable bonds is 4. The molecule has 0 aliphatic rings. The summed E-state index contributed by atoms with van der Waals surface area (Å²) in [6.07, 6.45) is 0. The van der Waals surface area contributed by atoms with E-state index in [9.17, 15) is 0 Å². The Bertz CT molecular complexity index is 360. The summed E-state index contributed by atoms with van der Waals surface area (Å²) in [6, 6.07) is 7.81. The lowest BCUT2D eigenvalue weighted by molar-refractivity contribution is 0.153. The molecule has 0 aliphatic carbocycles. The molecule has 0 saturated carbocycles. The number of halogens is 1. The number of hydrogen-bond donors (Lipinski definition) is 0. The molecule has 0 spiro atoms. The molecule has 0 bridgehead atoms. The van der Waals surface area contributed by atoms with E-state index in [0.717, 1.165) is 11.3 Å². The Kier molecular flexibility index (Phi) is 5.99. The molecule has 0 aliphatic heterocycles. The number of ether oxygens (including phenoxy) is 2. The molecule has 0 radical (unpaired) electrons. The summed E-state index contributed by atoms with van der Waals surface area (Å²) in [6.45, 7) is 3.02. The van der Waals surface area contributed by atoms with Crippen LogP contribution in [0.15, 0.2) is 24.3 Å². The zero-order chi connectivity index (χ0) is 11.8. The summed E-state index contributed by atoms with van der Waals surface area (Å²) >= 11 is 3.34. The fourth-order valence-corrected chi connectivity index (χ4v) is 1.29. The van der Waals surface area contributed by atoms with Crippen LogP contribution in [0.3, 0.4) is 0 Å². The predicted molar refractivity (Wildman–Crippen MR) is 68.8 cm³/mol. The van der Waals surface area contributed by atoms with Crippen molar-refractivity contribution < 1.29 is 9.47 Å². The first-order valence-electron chi connectivity index (χ1n) is 5.05. The molecule has 0 fully saturated rings. The fourth-order valence-electron chi connectivity index (χ4n) is 1.12. The Morgan fingerprint density at radius 1 is 1.31 bits per heavy atom. The minimum absolute atomic E-state index is 0.220. The lowest BCUT2D eigenvalue weighted by atomic mass is 10.2. The molecule has 1 aromatic rings. The molecule has 1 unspecified atom stereocenters. The highest BCUT2D eigenvalue weighted by Gasteiger charge is 1.93. The second-order valence-electron chi connectivity index (χ2n) is 3.28. The molecule has 0 heterocycles. The third kappa shape index (κ3) is 5.20. The first-order valence-corrected chi connectivity index (χ1v) is 5.97. The van der Waals surface area contributed by atoms with Crippen LogP contribution >= 0.6 is 15.9 Å². The average Bonchev–Trinajstić information content (AvgIpc) is 2.29. The van der Waals surface area contributed by atoms with Gasteiger partial charge in [-0.05, 0) is 24.6 Å². The van der Waals surface area contributed by atoms with Crippen LogP contribution in [0.4, 0.5) is 0 Å². The van der Waals surface area contributed by atoms with Crippen molar-refractivity contribution in [2.45, 2.75) is 18.4 Å². The topological polar surface area (TPSA) is 18.5 Å². The second-order valence-corrected chi connectivity index (χ2v) is 4.65. The highest BCUT2D eigenvalue weighted by molar-refractivity contribution is 9.09. The summed E-state index contributed by atoms with van der Waals surface area (Å²) in [4.78, 5) is 0.220. The summed E-state index contributed by atoms with van der Waals surface area (Å²) < 4.78 is 10.5. The van der Waals surface area contributed by atoms with Crippen molar-refractivity contribution in [3.05, 3.63) is 29.8 Å². The minimum atomic E-state index is 0.220. The molecule has 1 rings (SSSR count). The standard InChI is InChI=1S/C13H15BrO2/c1-11(14)4-3-9-16-10-12-5-7-13(15-2)8-6-12/h5-8,11H,9-10H2,1-2H3. The summed E-state index contributed by atoms with van der Waals surface area (Å²) in [7, 11) is 1.66. The van der Waals surface area contributed by atoms with E-state index < -0.39 is 0 Å². The molecule has 0 saturated heterocycles. The third-order valence-corrected chi connectivity index (χ3v) is 2.13. The Morgan fingerprint density at radius 3 is 2.56 bits per heavy atom. The predicted octanol–water partition coefficient (Wildman–Crippen LogP) is 3.00. The molecule has 0 N–H and O–H groups in total. The van der Waals surface area contributed by atoms with Gasteiger partial charge in [0.2, 0.25) is 0 Å². The molecule has 0 aromatic heterocycles. The van der Waals surface area contributed by atoms with E-state index in [1.165, 1.54) is 0 Å². The van der Waals surface area contributed by atoms with E-state index in [1.807, 2.05) is 31.2 Å². The van der Waals surface area contributed by atoms with Crippen LogP contribution in [0.5, 0.6) is 5.75 Å². The van der Waals surface area contributed by atoms with Gasteiger partial charge in [-0.15, -0.1) is 0 Å².